The number of nitrogens with one attached hydrogen (secondary N) is 1. The third-order valence-corrected chi connectivity index (χ3v) is 2.93. The maximum absolute atomic E-state index is 11.7. The number of carbonyl (C=O) groups is 1. The van der Waals surface area contributed by atoms with Gasteiger partial charge in [0.1, 0.15) is 0 Å². The summed E-state index contributed by atoms with van der Waals surface area (Å²) >= 11 is 0. The highest BCUT2D eigenvalue weighted by atomic mass is 16.1. The van der Waals surface area contributed by atoms with Crippen LogP contribution in [0.2, 0.25) is 0 Å². The summed E-state index contributed by atoms with van der Waals surface area (Å²) in [6.45, 7) is 2.46. The van der Waals surface area contributed by atoms with Gasteiger partial charge in [-0.2, -0.15) is 0 Å². The summed E-state index contributed by atoms with van der Waals surface area (Å²) in [5.74, 6) is -0.112. The Labute approximate surface area is 111 Å². The Balaban J connectivity index is 2.22. The van der Waals surface area contributed by atoms with Crippen molar-refractivity contribution in [1.29, 1.82) is 0 Å². The van der Waals surface area contributed by atoms with Gasteiger partial charge in [-0.1, -0.05) is 18.2 Å². The van der Waals surface area contributed by atoms with E-state index in [1.165, 1.54) is 0 Å². The summed E-state index contributed by atoms with van der Waals surface area (Å²) in [6, 6.07) is 10.6. The molecule has 0 aliphatic carbocycles. The number of pyridine rings is 1. The van der Waals surface area contributed by atoms with Crippen molar-refractivity contribution in [3.8, 4) is 0 Å². The maximum Gasteiger partial charge on any atom is 0.251 e. The molecule has 1 aromatic heterocycles. The number of hydrogen-bond acceptors (Lipinski definition) is 2. The van der Waals surface area contributed by atoms with Crippen LogP contribution >= 0.6 is 0 Å². The van der Waals surface area contributed by atoms with E-state index in [4.69, 9.17) is 0 Å². The number of aryl methyl sites for hydroxylation is 1. The molecule has 4 heteroatoms. The first kappa shape index (κ1) is 13.1. The predicted molar refractivity (Wildman–Crippen MR) is 74.4 cm³/mol. The van der Waals surface area contributed by atoms with Crippen LogP contribution in [-0.2, 0) is 6.54 Å². The minimum Gasteiger partial charge on any atom is -0.355 e. The molecule has 0 bridgehead atoms. The zero-order valence-corrected chi connectivity index (χ0v) is 11.0. The summed E-state index contributed by atoms with van der Waals surface area (Å²) in [6.07, 6.45) is 1.83. The Kier molecular flexibility index (Phi) is 3.80. The lowest BCUT2D eigenvalue weighted by Crippen LogP contribution is -2.20. The van der Waals surface area contributed by atoms with Crippen LogP contribution in [0, 0.1) is 6.92 Å². The Morgan fingerprint density at radius 2 is 1.84 bits per heavy atom. The van der Waals surface area contributed by atoms with Gasteiger partial charge in [0.05, 0.1) is 6.54 Å². The molecule has 2 rings (SSSR count). The van der Waals surface area contributed by atoms with Crippen LogP contribution in [0.3, 0.4) is 0 Å². The molecule has 0 fully saturated rings. The molecule has 0 spiro atoms. The molecule has 0 aliphatic rings. The number of hydrogen-bond donors (Lipinski definition) is 1. The van der Waals surface area contributed by atoms with Crippen molar-refractivity contribution in [2.75, 3.05) is 7.05 Å². The Morgan fingerprint density at radius 1 is 1.16 bits per heavy atom. The van der Waals surface area contributed by atoms with Crippen LogP contribution in [0.15, 0.2) is 47.4 Å². The number of carbonyl (C=O) groups excluding carboxylic acids is 1. The molecular weight excluding hydrogens is 240 g/mol. The number of nitrogens with zero attached hydrogens (tertiary/aromatic N) is 1. The Hall–Kier alpha value is -2.36. The molecule has 1 N–H and O–H groups in total. The Morgan fingerprint density at radius 3 is 2.47 bits per heavy atom. The summed E-state index contributed by atoms with van der Waals surface area (Å²) in [7, 11) is 1.60. The third-order valence-electron chi connectivity index (χ3n) is 2.93. The first-order valence-corrected chi connectivity index (χ1v) is 6.08. The first-order chi connectivity index (χ1) is 9.10. The Bertz CT molecular complexity index is 642. The largest absolute Gasteiger partial charge is 0.355 e. The van der Waals surface area contributed by atoms with Gasteiger partial charge in [0.15, 0.2) is 0 Å². The van der Waals surface area contributed by atoms with Gasteiger partial charge in [-0.3, -0.25) is 9.59 Å². The highest BCUT2D eigenvalue weighted by molar-refractivity contribution is 5.93. The van der Waals surface area contributed by atoms with Gasteiger partial charge in [-0.25, -0.2) is 0 Å². The zero-order chi connectivity index (χ0) is 13.8. The molecule has 0 atom stereocenters. The molecule has 0 saturated carbocycles. The SMILES string of the molecule is CNC(=O)c1ccc(Cn2cc(C)ccc2=O)cc1. The minimum atomic E-state index is -0.112. The normalized spacial score (nSPS) is 10.2. The fraction of sp³-hybridized carbons (Fsp3) is 0.200. The van der Waals surface area contributed by atoms with Gasteiger partial charge in [0.2, 0.25) is 0 Å². The quantitative estimate of drug-likeness (QED) is 0.906. The number of aromatic nitrogens is 1. The summed E-state index contributed by atoms with van der Waals surface area (Å²) in [4.78, 5) is 23.1. The smallest absolute Gasteiger partial charge is 0.251 e. The highest BCUT2D eigenvalue weighted by Crippen LogP contribution is 2.06. The van der Waals surface area contributed by atoms with E-state index in [1.54, 1.807) is 35.9 Å². The van der Waals surface area contributed by atoms with E-state index in [9.17, 15) is 9.59 Å². The van der Waals surface area contributed by atoms with E-state index in [1.807, 2.05) is 25.3 Å². The zero-order valence-electron chi connectivity index (χ0n) is 11.0. The van der Waals surface area contributed by atoms with E-state index in [0.717, 1.165) is 11.1 Å². The molecule has 98 valence electrons. The topological polar surface area (TPSA) is 51.1 Å². The second kappa shape index (κ2) is 5.52. The molecule has 4 nitrogen and oxygen atoms in total. The minimum absolute atomic E-state index is 0.0269. The average molecular weight is 256 g/mol. The van der Waals surface area contributed by atoms with Crippen LogP contribution in [0.5, 0.6) is 0 Å². The van der Waals surface area contributed by atoms with E-state index >= 15 is 0 Å². The maximum atomic E-state index is 11.7. The van der Waals surface area contributed by atoms with Gasteiger partial charge in [-0.15, -0.1) is 0 Å². The summed E-state index contributed by atoms with van der Waals surface area (Å²) in [5.41, 5.74) is 2.62. The number of benzene rings is 1. The van der Waals surface area contributed by atoms with E-state index in [-0.39, 0.29) is 11.5 Å². The summed E-state index contributed by atoms with van der Waals surface area (Å²) in [5, 5.41) is 2.57. The molecular formula is C15H16N2O2. The molecule has 2 aromatic rings. The van der Waals surface area contributed by atoms with Crippen molar-refractivity contribution in [3.63, 3.8) is 0 Å². The van der Waals surface area contributed by atoms with Crippen LogP contribution in [0.4, 0.5) is 0 Å². The summed E-state index contributed by atoms with van der Waals surface area (Å²) < 4.78 is 1.66. The molecule has 0 unspecified atom stereocenters. The third kappa shape index (κ3) is 3.10. The van der Waals surface area contributed by atoms with Crippen LogP contribution in [-0.4, -0.2) is 17.5 Å². The van der Waals surface area contributed by atoms with Crippen LogP contribution in [0.1, 0.15) is 21.5 Å². The molecule has 1 amide bonds. The fourth-order valence-corrected chi connectivity index (χ4v) is 1.88. The van der Waals surface area contributed by atoms with E-state index in [0.29, 0.717) is 12.1 Å². The van der Waals surface area contributed by atoms with Crippen LogP contribution < -0.4 is 10.9 Å². The van der Waals surface area contributed by atoms with Gasteiger partial charge in [0.25, 0.3) is 11.5 Å². The van der Waals surface area contributed by atoms with Crippen molar-refractivity contribution in [2.24, 2.45) is 0 Å². The van der Waals surface area contributed by atoms with E-state index < -0.39 is 0 Å². The van der Waals surface area contributed by atoms with Crippen molar-refractivity contribution < 1.29 is 4.79 Å². The monoisotopic (exact) mass is 256 g/mol. The molecule has 0 aliphatic heterocycles. The second-order valence-corrected chi connectivity index (χ2v) is 4.45. The predicted octanol–water partition coefficient (Wildman–Crippen LogP) is 1.56. The van der Waals surface area contributed by atoms with Crippen molar-refractivity contribution >= 4 is 5.91 Å². The lowest BCUT2D eigenvalue weighted by Gasteiger charge is -2.07. The van der Waals surface area contributed by atoms with Crippen molar-refractivity contribution in [2.45, 2.75) is 13.5 Å². The van der Waals surface area contributed by atoms with Gasteiger partial charge >= 0.3 is 0 Å². The van der Waals surface area contributed by atoms with Gasteiger partial charge in [-0.05, 0) is 30.2 Å². The van der Waals surface area contributed by atoms with Gasteiger partial charge in [0, 0.05) is 24.9 Å². The number of rotatable bonds is 3. The average Bonchev–Trinajstić information content (AvgIpc) is 2.43. The molecule has 1 heterocycles. The van der Waals surface area contributed by atoms with Crippen molar-refractivity contribution in [1.82, 2.24) is 9.88 Å². The first-order valence-electron chi connectivity index (χ1n) is 6.08. The van der Waals surface area contributed by atoms with Crippen LogP contribution in [0.25, 0.3) is 0 Å². The highest BCUT2D eigenvalue weighted by Gasteiger charge is 2.03. The molecule has 1 aromatic carbocycles. The molecule has 0 radical (unpaired) electrons. The van der Waals surface area contributed by atoms with Crippen molar-refractivity contribution in [3.05, 3.63) is 69.6 Å². The van der Waals surface area contributed by atoms with E-state index in [2.05, 4.69) is 5.32 Å². The second-order valence-electron chi connectivity index (χ2n) is 4.45. The lowest BCUT2D eigenvalue weighted by atomic mass is 10.1. The lowest BCUT2D eigenvalue weighted by molar-refractivity contribution is 0.0963. The number of amides is 1. The fourth-order valence-electron chi connectivity index (χ4n) is 1.88. The molecule has 0 saturated heterocycles. The standard InChI is InChI=1S/C15H16N2O2/c1-11-3-8-14(18)17(9-11)10-12-4-6-13(7-5-12)15(19)16-2/h3-9H,10H2,1-2H3,(H,16,19). The molecule has 19 heavy (non-hydrogen) atoms. The van der Waals surface area contributed by atoms with Gasteiger partial charge < -0.3 is 9.88 Å².